The van der Waals surface area contributed by atoms with E-state index in [0.717, 1.165) is 29.7 Å². The summed E-state index contributed by atoms with van der Waals surface area (Å²) >= 11 is 0. The van der Waals surface area contributed by atoms with Crippen LogP contribution in [-0.4, -0.2) is 21.5 Å². The van der Waals surface area contributed by atoms with Crippen LogP contribution in [0.1, 0.15) is 23.6 Å². The average molecular weight is 349 g/mol. The molecule has 0 radical (unpaired) electrons. The van der Waals surface area contributed by atoms with E-state index >= 15 is 0 Å². The standard InChI is InChI=1S/C20H23N5O/c1-2-15-12-23-20(24-13-15)25-14-17-8-10-22-19(11-17)26-18-5-3-16(4-6-18)7-9-21/h3-6,8,10-13H,2,7,9,14,21H2,1H3,(H,23,24,25). The van der Waals surface area contributed by atoms with Crippen LogP contribution in [0.2, 0.25) is 0 Å². The lowest BCUT2D eigenvalue weighted by atomic mass is 10.1. The number of nitrogens with one attached hydrogen (secondary N) is 1. The van der Waals surface area contributed by atoms with Gasteiger partial charge < -0.3 is 15.8 Å². The number of nitrogens with zero attached hydrogens (tertiary/aromatic N) is 3. The van der Waals surface area contributed by atoms with Crippen molar-refractivity contribution in [1.82, 2.24) is 15.0 Å². The van der Waals surface area contributed by atoms with Gasteiger partial charge in [0.2, 0.25) is 11.8 Å². The number of rotatable bonds is 8. The largest absolute Gasteiger partial charge is 0.439 e. The van der Waals surface area contributed by atoms with E-state index in [1.807, 2.05) is 48.8 Å². The maximum absolute atomic E-state index is 5.83. The number of hydrogen-bond donors (Lipinski definition) is 2. The summed E-state index contributed by atoms with van der Waals surface area (Å²) in [4.78, 5) is 12.9. The number of aromatic nitrogens is 3. The number of pyridine rings is 1. The van der Waals surface area contributed by atoms with E-state index in [4.69, 9.17) is 10.5 Å². The van der Waals surface area contributed by atoms with Crippen LogP contribution >= 0.6 is 0 Å². The highest BCUT2D eigenvalue weighted by molar-refractivity contribution is 5.33. The molecule has 2 aromatic heterocycles. The van der Waals surface area contributed by atoms with Crippen molar-refractivity contribution in [2.75, 3.05) is 11.9 Å². The molecule has 0 aliphatic carbocycles. The predicted octanol–water partition coefficient (Wildman–Crippen LogP) is 3.34. The fraction of sp³-hybridized carbons (Fsp3) is 0.250. The fourth-order valence-electron chi connectivity index (χ4n) is 2.44. The van der Waals surface area contributed by atoms with Crippen molar-refractivity contribution in [1.29, 1.82) is 0 Å². The minimum atomic E-state index is 0.554. The summed E-state index contributed by atoms with van der Waals surface area (Å²) in [5.74, 6) is 1.91. The van der Waals surface area contributed by atoms with E-state index < -0.39 is 0 Å². The molecule has 3 rings (SSSR count). The molecule has 0 atom stereocenters. The molecule has 3 N–H and O–H groups in total. The van der Waals surface area contributed by atoms with Gasteiger partial charge in [-0.15, -0.1) is 0 Å². The van der Waals surface area contributed by atoms with Crippen molar-refractivity contribution in [2.24, 2.45) is 5.73 Å². The molecule has 0 spiro atoms. The van der Waals surface area contributed by atoms with Crippen molar-refractivity contribution in [3.05, 3.63) is 71.7 Å². The summed E-state index contributed by atoms with van der Waals surface area (Å²) in [6, 6.07) is 11.7. The highest BCUT2D eigenvalue weighted by Gasteiger charge is 2.03. The first-order chi connectivity index (χ1) is 12.8. The van der Waals surface area contributed by atoms with Crippen molar-refractivity contribution in [3.63, 3.8) is 0 Å². The Bertz CT molecular complexity index is 818. The maximum atomic E-state index is 5.83. The Morgan fingerprint density at radius 2 is 1.73 bits per heavy atom. The molecular weight excluding hydrogens is 326 g/mol. The molecule has 0 aliphatic heterocycles. The first-order valence-corrected chi connectivity index (χ1v) is 8.73. The van der Waals surface area contributed by atoms with Crippen molar-refractivity contribution < 1.29 is 4.74 Å². The molecule has 0 saturated carbocycles. The van der Waals surface area contributed by atoms with Gasteiger partial charge in [0.25, 0.3) is 0 Å². The van der Waals surface area contributed by atoms with Gasteiger partial charge >= 0.3 is 0 Å². The van der Waals surface area contributed by atoms with Gasteiger partial charge in [-0.2, -0.15) is 0 Å². The van der Waals surface area contributed by atoms with Gasteiger partial charge in [-0.3, -0.25) is 0 Å². The molecule has 0 aliphatic rings. The number of nitrogens with two attached hydrogens (primary N) is 1. The Kier molecular flexibility index (Phi) is 6.11. The number of ether oxygens (including phenoxy) is 1. The second-order valence-corrected chi connectivity index (χ2v) is 5.91. The topological polar surface area (TPSA) is 86.0 Å². The minimum absolute atomic E-state index is 0.554. The fourth-order valence-corrected chi connectivity index (χ4v) is 2.44. The summed E-state index contributed by atoms with van der Waals surface area (Å²) in [6.07, 6.45) is 7.20. The van der Waals surface area contributed by atoms with Gasteiger partial charge in [-0.1, -0.05) is 19.1 Å². The molecule has 134 valence electrons. The molecule has 2 heterocycles. The lowest BCUT2D eigenvalue weighted by Crippen LogP contribution is -2.04. The predicted molar refractivity (Wildman–Crippen MR) is 102 cm³/mol. The second kappa shape index (κ2) is 8.92. The third-order valence-electron chi connectivity index (χ3n) is 3.94. The van der Waals surface area contributed by atoms with Gasteiger partial charge in [0.1, 0.15) is 5.75 Å². The Hall–Kier alpha value is -2.99. The number of benzene rings is 1. The van der Waals surface area contributed by atoms with Gasteiger partial charge in [-0.25, -0.2) is 15.0 Å². The molecule has 0 unspecified atom stereocenters. The minimum Gasteiger partial charge on any atom is -0.439 e. The number of anilines is 1. The summed E-state index contributed by atoms with van der Waals surface area (Å²) < 4.78 is 5.83. The van der Waals surface area contributed by atoms with E-state index in [1.54, 1.807) is 6.20 Å². The van der Waals surface area contributed by atoms with Crippen LogP contribution in [0.4, 0.5) is 5.95 Å². The van der Waals surface area contributed by atoms with E-state index in [-0.39, 0.29) is 0 Å². The van der Waals surface area contributed by atoms with E-state index in [1.165, 1.54) is 5.56 Å². The first kappa shape index (κ1) is 17.8. The lowest BCUT2D eigenvalue weighted by molar-refractivity contribution is 0.462. The Balaban J connectivity index is 1.60. The van der Waals surface area contributed by atoms with Crippen LogP contribution in [0.15, 0.2) is 55.0 Å². The molecule has 0 saturated heterocycles. The zero-order chi connectivity index (χ0) is 18.2. The highest BCUT2D eigenvalue weighted by atomic mass is 16.5. The van der Waals surface area contributed by atoms with Crippen LogP contribution in [0, 0.1) is 0 Å². The van der Waals surface area contributed by atoms with Crippen molar-refractivity contribution in [2.45, 2.75) is 26.3 Å². The van der Waals surface area contributed by atoms with E-state index in [2.05, 4.69) is 27.2 Å². The monoisotopic (exact) mass is 349 g/mol. The third kappa shape index (κ3) is 5.00. The molecule has 1 aromatic carbocycles. The van der Waals surface area contributed by atoms with Gasteiger partial charge in [-0.05, 0) is 54.3 Å². The molecule has 0 amide bonds. The Morgan fingerprint density at radius 3 is 2.42 bits per heavy atom. The smallest absolute Gasteiger partial charge is 0.222 e. The average Bonchev–Trinajstić information content (AvgIpc) is 2.69. The molecule has 6 heteroatoms. The number of hydrogen-bond acceptors (Lipinski definition) is 6. The van der Waals surface area contributed by atoms with Crippen molar-refractivity contribution in [3.8, 4) is 11.6 Å². The van der Waals surface area contributed by atoms with Crippen LogP contribution in [0.5, 0.6) is 11.6 Å². The molecule has 3 aromatic rings. The number of aryl methyl sites for hydroxylation is 1. The van der Waals surface area contributed by atoms with Crippen LogP contribution < -0.4 is 15.8 Å². The third-order valence-corrected chi connectivity index (χ3v) is 3.94. The first-order valence-electron chi connectivity index (χ1n) is 8.73. The van der Waals surface area contributed by atoms with Crippen LogP contribution in [-0.2, 0) is 19.4 Å². The van der Waals surface area contributed by atoms with Gasteiger partial charge in [0.15, 0.2) is 0 Å². The van der Waals surface area contributed by atoms with Crippen LogP contribution in [0.25, 0.3) is 0 Å². The lowest BCUT2D eigenvalue weighted by Gasteiger charge is -2.08. The molecular formula is C20H23N5O. The van der Waals surface area contributed by atoms with E-state index in [9.17, 15) is 0 Å². The summed E-state index contributed by atoms with van der Waals surface area (Å²) in [5, 5.41) is 3.21. The molecule has 0 bridgehead atoms. The zero-order valence-electron chi connectivity index (χ0n) is 14.9. The highest BCUT2D eigenvalue weighted by Crippen LogP contribution is 2.21. The Morgan fingerprint density at radius 1 is 0.962 bits per heavy atom. The molecule has 26 heavy (non-hydrogen) atoms. The zero-order valence-corrected chi connectivity index (χ0v) is 14.9. The quantitative estimate of drug-likeness (QED) is 0.649. The molecule has 0 fully saturated rings. The summed E-state index contributed by atoms with van der Waals surface area (Å²) in [7, 11) is 0. The summed E-state index contributed by atoms with van der Waals surface area (Å²) in [6.45, 7) is 3.32. The molecule has 6 nitrogen and oxygen atoms in total. The van der Waals surface area contributed by atoms with E-state index in [0.29, 0.717) is 24.9 Å². The van der Waals surface area contributed by atoms with Gasteiger partial charge in [0, 0.05) is 31.2 Å². The second-order valence-electron chi connectivity index (χ2n) is 5.91. The summed E-state index contributed by atoms with van der Waals surface area (Å²) in [5.41, 5.74) is 8.92. The van der Waals surface area contributed by atoms with Gasteiger partial charge in [0.05, 0.1) is 0 Å². The maximum Gasteiger partial charge on any atom is 0.222 e. The van der Waals surface area contributed by atoms with Crippen LogP contribution in [0.3, 0.4) is 0 Å². The normalized spacial score (nSPS) is 10.5. The Labute approximate surface area is 153 Å². The SMILES string of the molecule is CCc1cnc(NCc2ccnc(Oc3ccc(CCN)cc3)c2)nc1. The van der Waals surface area contributed by atoms with Crippen molar-refractivity contribution >= 4 is 5.95 Å².